The molecule has 0 atom stereocenters. The van der Waals surface area contributed by atoms with Crippen molar-refractivity contribution in [3.05, 3.63) is 37.6 Å². The summed E-state index contributed by atoms with van der Waals surface area (Å²) < 4.78 is 4.35. The molecule has 0 aliphatic heterocycles. The van der Waals surface area contributed by atoms with E-state index in [-0.39, 0.29) is 35.1 Å². The first kappa shape index (κ1) is 12.4. The molecule has 0 aromatic heterocycles. The molecule has 0 spiro atoms. The van der Waals surface area contributed by atoms with E-state index in [4.69, 9.17) is 0 Å². The van der Waals surface area contributed by atoms with Crippen molar-refractivity contribution in [3.8, 4) is 0 Å². The normalized spacial score (nSPS) is 6.80. The Bertz CT molecular complexity index is 161. The van der Waals surface area contributed by atoms with Crippen molar-refractivity contribution < 1.29 is 9.53 Å². The van der Waals surface area contributed by atoms with Gasteiger partial charge in [0.05, 0.1) is 11.8 Å². The standard InChI is InChI=1S/C7H8O2.Na.H/c1-4-6(3)7(8)9-5-2;;/h4-5H,1-3H2;;. The molecule has 3 heteroatoms. The molecular formula is C7H9NaO2. The van der Waals surface area contributed by atoms with Crippen LogP contribution in [0.25, 0.3) is 0 Å². The molecule has 0 unspecified atom stereocenters. The van der Waals surface area contributed by atoms with Crippen LogP contribution in [0.2, 0.25) is 0 Å². The van der Waals surface area contributed by atoms with E-state index in [2.05, 4.69) is 24.5 Å². The Morgan fingerprint density at radius 2 is 1.90 bits per heavy atom. The number of rotatable bonds is 3. The van der Waals surface area contributed by atoms with E-state index in [1.807, 2.05) is 0 Å². The van der Waals surface area contributed by atoms with Gasteiger partial charge in [0.1, 0.15) is 0 Å². The Balaban J connectivity index is 0. The fourth-order valence-corrected chi connectivity index (χ4v) is 0.235. The zero-order chi connectivity index (χ0) is 7.28. The molecule has 0 radical (unpaired) electrons. The summed E-state index contributed by atoms with van der Waals surface area (Å²) in [5, 5.41) is 0. The molecule has 0 amide bonds. The zero-order valence-corrected chi connectivity index (χ0v) is 5.09. The van der Waals surface area contributed by atoms with Crippen molar-refractivity contribution in [2.45, 2.75) is 0 Å². The first-order chi connectivity index (χ1) is 4.22. The van der Waals surface area contributed by atoms with Gasteiger partial charge >= 0.3 is 35.5 Å². The van der Waals surface area contributed by atoms with Crippen LogP contribution in [0.4, 0.5) is 0 Å². The number of carbonyl (C=O) groups is 1. The maximum atomic E-state index is 10.5. The van der Waals surface area contributed by atoms with Gasteiger partial charge in [-0.1, -0.05) is 25.8 Å². The Morgan fingerprint density at radius 3 is 2.20 bits per heavy atom. The third-order valence-corrected chi connectivity index (χ3v) is 0.699. The van der Waals surface area contributed by atoms with Gasteiger partial charge in [0.2, 0.25) is 0 Å². The van der Waals surface area contributed by atoms with Gasteiger partial charge in [-0.25, -0.2) is 4.79 Å². The average Bonchev–Trinajstić information content (AvgIpc) is 1.87. The van der Waals surface area contributed by atoms with E-state index >= 15 is 0 Å². The van der Waals surface area contributed by atoms with Crippen LogP contribution in [-0.2, 0) is 9.53 Å². The molecule has 0 rings (SSSR count). The molecule has 10 heavy (non-hydrogen) atoms. The van der Waals surface area contributed by atoms with Gasteiger partial charge in [-0.15, -0.1) is 0 Å². The van der Waals surface area contributed by atoms with E-state index < -0.39 is 5.97 Å². The van der Waals surface area contributed by atoms with Crippen molar-refractivity contribution in [2.24, 2.45) is 0 Å². The Morgan fingerprint density at radius 1 is 1.40 bits per heavy atom. The van der Waals surface area contributed by atoms with Crippen LogP contribution in [0.15, 0.2) is 37.6 Å². The third kappa shape index (κ3) is 4.56. The summed E-state index contributed by atoms with van der Waals surface area (Å²) in [5.41, 5.74) is 0.231. The third-order valence-electron chi connectivity index (χ3n) is 0.699. The second-order valence-electron chi connectivity index (χ2n) is 1.30. The molecule has 2 nitrogen and oxygen atoms in total. The fraction of sp³-hybridized carbons (Fsp3) is 0. The second kappa shape index (κ2) is 6.81. The van der Waals surface area contributed by atoms with Crippen LogP contribution in [0, 0.1) is 0 Å². The summed E-state index contributed by atoms with van der Waals surface area (Å²) >= 11 is 0. The van der Waals surface area contributed by atoms with E-state index in [1.165, 1.54) is 6.08 Å². The van der Waals surface area contributed by atoms with Crippen LogP contribution >= 0.6 is 0 Å². The van der Waals surface area contributed by atoms with Crippen LogP contribution < -0.4 is 0 Å². The minimum absolute atomic E-state index is 0. The van der Waals surface area contributed by atoms with Crippen molar-refractivity contribution in [2.75, 3.05) is 0 Å². The second-order valence-corrected chi connectivity index (χ2v) is 1.30. The van der Waals surface area contributed by atoms with Gasteiger partial charge < -0.3 is 4.74 Å². The van der Waals surface area contributed by atoms with Crippen molar-refractivity contribution >= 4 is 35.5 Å². The summed E-state index contributed by atoms with van der Waals surface area (Å²) in [5.74, 6) is -0.514. The first-order valence-corrected chi connectivity index (χ1v) is 2.35. The molecule has 0 aromatic rings. The van der Waals surface area contributed by atoms with Gasteiger partial charge in [-0.05, 0) is 0 Å². The molecule has 50 valence electrons. The van der Waals surface area contributed by atoms with Crippen LogP contribution in [0.3, 0.4) is 0 Å². The van der Waals surface area contributed by atoms with Gasteiger partial charge in [-0.2, -0.15) is 0 Å². The van der Waals surface area contributed by atoms with E-state index in [9.17, 15) is 4.79 Å². The predicted octanol–water partition coefficient (Wildman–Crippen LogP) is 0.767. The maximum absolute atomic E-state index is 10.5. The van der Waals surface area contributed by atoms with E-state index in [0.29, 0.717) is 0 Å². The SMILES string of the molecule is C=COC(=O)C(=C)C=C.[NaH]. The summed E-state index contributed by atoms with van der Waals surface area (Å²) in [6.45, 7) is 9.88. The van der Waals surface area contributed by atoms with Crippen molar-refractivity contribution in [1.29, 1.82) is 0 Å². The predicted molar refractivity (Wildman–Crippen MR) is 42.8 cm³/mol. The first-order valence-electron chi connectivity index (χ1n) is 2.35. The zero-order valence-electron chi connectivity index (χ0n) is 5.09. The Kier molecular flexibility index (Phi) is 8.42. The monoisotopic (exact) mass is 148 g/mol. The van der Waals surface area contributed by atoms with Crippen LogP contribution in [0.5, 0.6) is 0 Å². The molecule has 0 aromatic carbocycles. The van der Waals surface area contributed by atoms with Crippen molar-refractivity contribution in [3.63, 3.8) is 0 Å². The molecule has 0 aliphatic rings. The summed E-state index contributed by atoms with van der Waals surface area (Å²) in [6, 6.07) is 0. The number of ether oxygens (including phenoxy) is 1. The summed E-state index contributed by atoms with van der Waals surface area (Å²) in [6.07, 6.45) is 2.38. The van der Waals surface area contributed by atoms with Gasteiger partial charge in [0, 0.05) is 0 Å². The Hall–Kier alpha value is -0.310. The fourth-order valence-electron chi connectivity index (χ4n) is 0.235. The number of esters is 1. The van der Waals surface area contributed by atoms with Gasteiger partial charge in [-0.3, -0.25) is 0 Å². The minimum atomic E-state index is -0.514. The summed E-state index contributed by atoms with van der Waals surface area (Å²) in [7, 11) is 0. The van der Waals surface area contributed by atoms with Crippen molar-refractivity contribution in [1.82, 2.24) is 0 Å². The molecule has 0 aliphatic carbocycles. The van der Waals surface area contributed by atoms with Crippen LogP contribution in [0.1, 0.15) is 0 Å². The number of carbonyl (C=O) groups excluding carboxylic acids is 1. The molecule has 0 bridgehead atoms. The molecular weight excluding hydrogens is 139 g/mol. The number of hydrogen-bond acceptors (Lipinski definition) is 2. The van der Waals surface area contributed by atoms with Gasteiger partial charge in [0.15, 0.2) is 0 Å². The van der Waals surface area contributed by atoms with E-state index in [1.54, 1.807) is 0 Å². The van der Waals surface area contributed by atoms with Gasteiger partial charge in [0.25, 0.3) is 0 Å². The Labute approximate surface area is 82.5 Å². The summed E-state index contributed by atoms with van der Waals surface area (Å²) in [4.78, 5) is 10.5. The molecule has 0 saturated heterocycles. The topological polar surface area (TPSA) is 26.3 Å². The molecule has 0 N–H and O–H groups in total. The van der Waals surface area contributed by atoms with Crippen LogP contribution in [-0.4, -0.2) is 35.5 Å². The van der Waals surface area contributed by atoms with E-state index in [0.717, 1.165) is 6.26 Å². The quantitative estimate of drug-likeness (QED) is 0.194. The average molecular weight is 148 g/mol. The molecule has 0 heterocycles. The number of hydrogen-bond donors (Lipinski definition) is 0. The molecule has 0 saturated carbocycles. The molecule has 0 fully saturated rings.